The number of rotatable bonds is 2. The molecule has 3 heterocycles. The summed E-state index contributed by atoms with van der Waals surface area (Å²) < 4.78 is 19.7. The Kier molecular flexibility index (Phi) is 3.34. The maximum absolute atomic E-state index is 6.13. The summed E-state index contributed by atoms with van der Waals surface area (Å²) >= 11 is 0. The van der Waals surface area contributed by atoms with Gasteiger partial charge in [0.15, 0.2) is 0 Å². The number of fused-ring (bicyclic) bond motifs is 1. The molecule has 0 aliphatic carbocycles. The predicted octanol–water partition coefficient (Wildman–Crippen LogP) is 2.30. The second-order valence-corrected chi connectivity index (χ2v) is 7.53. The van der Waals surface area contributed by atoms with Gasteiger partial charge in [0.1, 0.15) is 0 Å². The smallest absolute Gasteiger partial charge is 0.399 e. The van der Waals surface area contributed by atoms with Crippen molar-refractivity contribution in [2.45, 2.75) is 51.4 Å². The molecule has 2 saturated heterocycles. The monoisotopic (exact) mass is 314 g/mol. The quantitative estimate of drug-likeness (QED) is 0.798. The standard InChI is InChI=1S/C17H23BN2O3/c1-16(2)17(3,4)23-18(22-16)13-6-5-12-10-20(19-15(12)9-13)14-7-8-21-11-14/h5-6,9-10,14H,7-8,11H2,1-4H3. The number of hydrogen-bond acceptors (Lipinski definition) is 4. The molecule has 0 spiro atoms. The summed E-state index contributed by atoms with van der Waals surface area (Å²) in [5, 5.41) is 5.86. The summed E-state index contributed by atoms with van der Waals surface area (Å²) in [6.07, 6.45) is 3.13. The molecule has 4 rings (SSSR count). The molecular formula is C17H23BN2O3. The third-order valence-electron chi connectivity index (χ3n) is 5.35. The minimum atomic E-state index is -0.343. The maximum Gasteiger partial charge on any atom is 0.494 e. The Bertz CT molecular complexity index is 719. The molecular weight excluding hydrogens is 291 g/mol. The molecule has 2 aromatic rings. The van der Waals surface area contributed by atoms with Gasteiger partial charge in [0.2, 0.25) is 0 Å². The Morgan fingerprint density at radius 3 is 2.57 bits per heavy atom. The SMILES string of the molecule is CC1(C)OB(c2ccc3cn(C4CCOC4)nc3c2)OC1(C)C. The molecule has 1 unspecified atom stereocenters. The van der Waals surface area contributed by atoms with Crippen LogP contribution >= 0.6 is 0 Å². The van der Waals surface area contributed by atoms with Crippen LogP contribution in [0.5, 0.6) is 0 Å². The lowest BCUT2D eigenvalue weighted by molar-refractivity contribution is 0.00578. The zero-order valence-corrected chi connectivity index (χ0v) is 14.2. The van der Waals surface area contributed by atoms with Crippen molar-refractivity contribution in [2.75, 3.05) is 13.2 Å². The molecule has 1 aromatic heterocycles. The average molecular weight is 314 g/mol. The summed E-state index contributed by atoms with van der Waals surface area (Å²) in [6, 6.07) is 6.59. The zero-order valence-electron chi connectivity index (χ0n) is 14.2. The molecule has 0 amide bonds. The van der Waals surface area contributed by atoms with Gasteiger partial charge in [-0.25, -0.2) is 0 Å². The largest absolute Gasteiger partial charge is 0.494 e. The van der Waals surface area contributed by atoms with Gasteiger partial charge in [0.05, 0.1) is 29.4 Å². The van der Waals surface area contributed by atoms with Crippen LogP contribution in [0.3, 0.4) is 0 Å². The summed E-state index contributed by atoms with van der Waals surface area (Å²) in [5.74, 6) is 0. The van der Waals surface area contributed by atoms with Crippen molar-refractivity contribution < 1.29 is 14.0 Å². The molecule has 2 aliphatic rings. The fourth-order valence-corrected chi connectivity index (χ4v) is 3.10. The molecule has 2 fully saturated rings. The highest BCUT2D eigenvalue weighted by atomic mass is 16.7. The Balaban J connectivity index is 1.64. The second-order valence-electron chi connectivity index (χ2n) is 7.53. The van der Waals surface area contributed by atoms with Crippen LogP contribution < -0.4 is 5.46 Å². The Labute approximate surface area is 137 Å². The van der Waals surface area contributed by atoms with E-state index < -0.39 is 0 Å². The van der Waals surface area contributed by atoms with Crippen molar-refractivity contribution in [3.8, 4) is 0 Å². The highest BCUT2D eigenvalue weighted by molar-refractivity contribution is 6.62. The first-order chi connectivity index (χ1) is 10.9. The first-order valence-corrected chi connectivity index (χ1v) is 8.28. The first-order valence-electron chi connectivity index (χ1n) is 8.28. The van der Waals surface area contributed by atoms with Crippen LogP contribution in [0.25, 0.3) is 10.9 Å². The van der Waals surface area contributed by atoms with Gasteiger partial charge in [-0.05, 0) is 45.6 Å². The van der Waals surface area contributed by atoms with E-state index in [1.54, 1.807) is 0 Å². The van der Waals surface area contributed by atoms with Gasteiger partial charge in [-0.15, -0.1) is 0 Å². The van der Waals surface area contributed by atoms with Crippen molar-refractivity contribution in [1.82, 2.24) is 9.78 Å². The van der Waals surface area contributed by atoms with Gasteiger partial charge in [-0.2, -0.15) is 5.10 Å². The lowest BCUT2D eigenvalue weighted by Gasteiger charge is -2.32. The van der Waals surface area contributed by atoms with Gasteiger partial charge in [0.25, 0.3) is 0 Å². The fourth-order valence-electron chi connectivity index (χ4n) is 3.10. The number of hydrogen-bond donors (Lipinski definition) is 0. The highest BCUT2D eigenvalue weighted by Crippen LogP contribution is 2.36. The summed E-state index contributed by atoms with van der Waals surface area (Å²) in [4.78, 5) is 0. The topological polar surface area (TPSA) is 45.5 Å². The van der Waals surface area contributed by atoms with E-state index in [4.69, 9.17) is 19.1 Å². The number of nitrogens with zero attached hydrogens (tertiary/aromatic N) is 2. The second kappa shape index (κ2) is 5.06. The van der Waals surface area contributed by atoms with E-state index in [9.17, 15) is 0 Å². The Morgan fingerprint density at radius 2 is 1.91 bits per heavy atom. The predicted molar refractivity (Wildman–Crippen MR) is 89.9 cm³/mol. The molecule has 122 valence electrons. The molecule has 6 heteroatoms. The fraction of sp³-hybridized carbons (Fsp3) is 0.588. The lowest BCUT2D eigenvalue weighted by atomic mass is 9.79. The molecule has 5 nitrogen and oxygen atoms in total. The van der Waals surface area contributed by atoms with Crippen molar-refractivity contribution >= 4 is 23.5 Å². The van der Waals surface area contributed by atoms with E-state index in [2.05, 4.69) is 52.1 Å². The average Bonchev–Trinajstić information content (AvgIpc) is 3.17. The number of aromatic nitrogens is 2. The molecule has 23 heavy (non-hydrogen) atoms. The summed E-state index contributed by atoms with van der Waals surface area (Å²) in [7, 11) is -0.343. The molecule has 1 atom stereocenters. The molecule has 0 bridgehead atoms. The van der Waals surface area contributed by atoms with E-state index in [-0.39, 0.29) is 18.3 Å². The van der Waals surface area contributed by atoms with Gasteiger partial charge in [-0.1, -0.05) is 12.1 Å². The van der Waals surface area contributed by atoms with E-state index >= 15 is 0 Å². The highest BCUT2D eigenvalue weighted by Gasteiger charge is 2.51. The van der Waals surface area contributed by atoms with E-state index in [0.717, 1.165) is 36.0 Å². The van der Waals surface area contributed by atoms with E-state index in [1.807, 2.05) is 4.68 Å². The Hall–Kier alpha value is -1.37. The van der Waals surface area contributed by atoms with Crippen LogP contribution in [0.2, 0.25) is 0 Å². The van der Waals surface area contributed by atoms with Crippen molar-refractivity contribution in [1.29, 1.82) is 0 Å². The molecule has 0 saturated carbocycles. The van der Waals surface area contributed by atoms with Gasteiger partial charge < -0.3 is 14.0 Å². The Morgan fingerprint density at radius 1 is 1.17 bits per heavy atom. The van der Waals surface area contributed by atoms with Crippen LogP contribution in [0.4, 0.5) is 0 Å². The molecule has 1 aromatic carbocycles. The normalized spacial score (nSPS) is 26.3. The van der Waals surface area contributed by atoms with Crippen LogP contribution in [0, 0.1) is 0 Å². The minimum Gasteiger partial charge on any atom is -0.399 e. The molecule has 0 radical (unpaired) electrons. The van der Waals surface area contributed by atoms with Crippen LogP contribution in [0.1, 0.15) is 40.2 Å². The van der Waals surface area contributed by atoms with Gasteiger partial charge in [-0.3, -0.25) is 4.68 Å². The van der Waals surface area contributed by atoms with Crippen molar-refractivity contribution in [2.24, 2.45) is 0 Å². The molecule has 0 N–H and O–H groups in total. The third kappa shape index (κ3) is 2.49. The van der Waals surface area contributed by atoms with Crippen molar-refractivity contribution in [3.63, 3.8) is 0 Å². The number of ether oxygens (including phenoxy) is 1. The minimum absolute atomic E-state index is 0.326. The van der Waals surface area contributed by atoms with E-state index in [1.165, 1.54) is 0 Å². The summed E-state index contributed by atoms with van der Waals surface area (Å²) in [6.45, 7) is 9.85. The van der Waals surface area contributed by atoms with E-state index in [0.29, 0.717) is 6.04 Å². The maximum atomic E-state index is 6.13. The zero-order chi connectivity index (χ0) is 16.2. The van der Waals surface area contributed by atoms with Crippen LogP contribution in [-0.4, -0.2) is 41.3 Å². The van der Waals surface area contributed by atoms with Crippen LogP contribution in [-0.2, 0) is 14.0 Å². The van der Waals surface area contributed by atoms with Gasteiger partial charge >= 0.3 is 7.12 Å². The molecule has 2 aliphatic heterocycles. The third-order valence-corrected chi connectivity index (χ3v) is 5.35. The van der Waals surface area contributed by atoms with Gasteiger partial charge in [0, 0.05) is 18.2 Å². The van der Waals surface area contributed by atoms with Crippen LogP contribution in [0.15, 0.2) is 24.4 Å². The number of benzene rings is 1. The summed E-state index contributed by atoms with van der Waals surface area (Å²) in [5.41, 5.74) is 1.34. The van der Waals surface area contributed by atoms with Crippen molar-refractivity contribution in [3.05, 3.63) is 24.4 Å². The lowest BCUT2D eigenvalue weighted by Crippen LogP contribution is -2.41. The first kappa shape index (κ1) is 15.2.